The van der Waals surface area contributed by atoms with E-state index in [1.165, 1.54) is 39.9 Å². The topological polar surface area (TPSA) is 79.8 Å². The summed E-state index contributed by atoms with van der Waals surface area (Å²) in [6.07, 6.45) is 0. The zero-order valence-electron chi connectivity index (χ0n) is 18.3. The lowest BCUT2D eigenvalue weighted by atomic mass is 10.2. The van der Waals surface area contributed by atoms with Crippen LogP contribution in [-0.2, 0) is 10.0 Å². The minimum absolute atomic E-state index is 0.170. The first kappa shape index (κ1) is 23.3. The first-order valence-corrected chi connectivity index (χ1v) is 12.8. The van der Waals surface area contributed by atoms with Crippen LogP contribution in [-0.4, -0.2) is 61.3 Å². The first-order valence-electron chi connectivity index (χ1n) is 10.5. The molecule has 0 spiro atoms. The Morgan fingerprint density at radius 3 is 2.30 bits per heavy atom. The van der Waals surface area contributed by atoms with Gasteiger partial charge in [0.2, 0.25) is 10.0 Å². The average molecular weight is 490 g/mol. The fourth-order valence-electron chi connectivity index (χ4n) is 3.61. The van der Waals surface area contributed by atoms with Crippen LogP contribution >= 0.6 is 11.3 Å². The zero-order valence-corrected chi connectivity index (χ0v) is 20.0. The van der Waals surface area contributed by atoms with Crippen LogP contribution < -0.4 is 4.74 Å². The van der Waals surface area contributed by atoms with E-state index in [4.69, 9.17) is 4.74 Å². The number of carbonyl (C=O) groups is 1. The van der Waals surface area contributed by atoms with Gasteiger partial charge in [-0.1, -0.05) is 0 Å². The Morgan fingerprint density at radius 1 is 1.06 bits per heavy atom. The van der Waals surface area contributed by atoms with Crippen LogP contribution in [0.4, 0.5) is 4.39 Å². The fourth-order valence-corrected chi connectivity index (χ4v) is 6.07. The summed E-state index contributed by atoms with van der Waals surface area (Å²) in [5.41, 5.74) is 1.35. The van der Waals surface area contributed by atoms with Crippen molar-refractivity contribution in [2.75, 3.05) is 32.8 Å². The van der Waals surface area contributed by atoms with Gasteiger partial charge in [-0.05, 0) is 62.4 Å². The van der Waals surface area contributed by atoms with Crippen LogP contribution in [0.3, 0.4) is 0 Å². The smallest absolute Gasteiger partial charge is 0.265 e. The van der Waals surface area contributed by atoms with E-state index >= 15 is 0 Å². The van der Waals surface area contributed by atoms with Crippen LogP contribution in [0, 0.1) is 12.7 Å². The molecule has 33 heavy (non-hydrogen) atoms. The van der Waals surface area contributed by atoms with Gasteiger partial charge in [0, 0.05) is 31.7 Å². The Morgan fingerprint density at radius 2 is 1.70 bits per heavy atom. The van der Waals surface area contributed by atoms with Gasteiger partial charge >= 0.3 is 0 Å². The number of thiazole rings is 1. The average Bonchev–Trinajstić information content (AvgIpc) is 3.21. The largest absolute Gasteiger partial charge is 0.494 e. The Labute approximate surface area is 196 Å². The molecule has 2 aromatic carbocycles. The molecule has 0 saturated carbocycles. The molecule has 3 aromatic rings. The lowest BCUT2D eigenvalue weighted by molar-refractivity contribution is 0.0702. The number of aryl methyl sites for hydroxylation is 1. The number of halogens is 1. The molecule has 0 aliphatic carbocycles. The fraction of sp³-hybridized carbons (Fsp3) is 0.304. The molecule has 7 nitrogen and oxygen atoms in total. The van der Waals surface area contributed by atoms with Crippen LogP contribution in [0.5, 0.6) is 5.75 Å². The summed E-state index contributed by atoms with van der Waals surface area (Å²) in [6.45, 7) is 5.14. The summed E-state index contributed by atoms with van der Waals surface area (Å²) in [5, 5.41) is 0.646. The Balaban J connectivity index is 1.43. The van der Waals surface area contributed by atoms with Crippen molar-refractivity contribution in [1.82, 2.24) is 14.2 Å². The Hall–Kier alpha value is -2.82. The molecule has 2 heterocycles. The summed E-state index contributed by atoms with van der Waals surface area (Å²) in [5.74, 6) is 0.115. The maximum atomic E-state index is 13.2. The standard InChI is InChI=1S/C23H24FN3O4S2/c1-3-31-19-8-10-20(11-9-19)33(29,30)27-14-12-26(13-15-27)23(28)21-16(2)25-22(32-21)17-4-6-18(24)7-5-17/h4-11H,3,12-15H2,1-2H3. The summed E-state index contributed by atoms with van der Waals surface area (Å²) in [4.78, 5) is 19.9. The molecule has 10 heteroatoms. The van der Waals surface area contributed by atoms with E-state index < -0.39 is 10.0 Å². The Kier molecular flexibility index (Phi) is 6.78. The van der Waals surface area contributed by atoms with E-state index in [9.17, 15) is 17.6 Å². The number of amides is 1. The van der Waals surface area contributed by atoms with Crippen molar-refractivity contribution in [2.24, 2.45) is 0 Å². The first-order chi connectivity index (χ1) is 15.8. The molecule has 0 N–H and O–H groups in total. The van der Waals surface area contributed by atoms with Crippen LogP contribution in [0.2, 0.25) is 0 Å². The van der Waals surface area contributed by atoms with Gasteiger partial charge in [0.15, 0.2) is 0 Å². The number of piperazine rings is 1. The van der Waals surface area contributed by atoms with Crippen molar-refractivity contribution >= 4 is 27.3 Å². The number of rotatable bonds is 6. The van der Waals surface area contributed by atoms with Crippen molar-refractivity contribution in [3.63, 3.8) is 0 Å². The number of benzene rings is 2. The summed E-state index contributed by atoms with van der Waals surface area (Å²) in [7, 11) is -3.65. The number of hydrogen-bond donors (Lipinski definition) is 0. The van der Waals surface area contributed by atoms with Gasteiger partial charge in [-0.3, -0.25) is 4.79 Å². The normalized spacial score (nSPS) is 14.9. The molecule has 1 aliphatic heterocycles. The quantitative estimate of drug-likeness (QED) is 0.526. The van der Waals surface area contributed by atoms with Gasteiger partial charge < -0.3 is 9.64 Å². The molecule has 1 saturated heterocycles. The molecule has 0 atom stereocenters. The second-order valence-corrected chi connectivity index (χ2v) is 10.5. The van der Waals surface area contributed by atoms with Crippen molar-refractivity contribution in [1.29, 1.82) is 0 Å². The maximum absolute atomic E-state index is 13.2. The van der Waals surface area contributed by atoms with E-state index in [1.807, 2.05) is 6.92 Å². The third-order valence-electron chi connectivity index (χ3n) is 5.38. The van der Waals surface area contributed by atoms with E-state index in [2.05, 4.69) is 4.98 Å². The Bertz CT molecular complexity index is 1230. The summed E-state index contributed by atoms with van der Waals surface area (Å²) >= 11 is 1.26. The number of nitrogens with zero attached hydrogens (tertiary/aromatic N) is 3. The van der Waals surface area contributed by atoms with Crippen molar-refractivity contribution in [2.45, 2.75) is 18.7 Å². The molecule has 0 unspecified atom stereocenters. The van der Waals surface area contributed by atoms with Gasteiger partial charge in [0.25, 0.3) is 5.91 Å². The molecule has 0 bridgehead atoms. The SMILES string of the molecule is CCOc1ccc(S(=O)(=O)N2CCN(C(=O)c3sc(-c4ccc(F)cc4)nc3C)CC2)cc1. The highest BCUT2D eigenvalue weighted by molar-refractivity contribution is 7.89. The zero-order chi connectivity index (χ0) is 23.6. The number of sulfonamides is 1. The molecular formula is C23H24FN3O4S2. The van der Waals surface area contributed by atoms with Gasteiger partial charge in [-0.2, -0.15) is 4.31 Å². The predicted octanol–water partition coefficient (Wildman–Crippen LogP) is 3.80. The second-order valence-electron chi connectivity index (χ2n) is 7.54. The van der Waals surface area contributed by atoms with Crippen LogP contribution in [0.15, 0.2) is 53.4 Å². The van der Waals surface area contributed by atoms with E-state index in [-0.39, 0.29) is 42.8 Å². The summed E-state index contributed by atoms with van der Waals surface area (Å²) in [6, 6.07) is 12.3. The van der Waals surface area contributed by atoms with Crippen molar-refractivity contribution in [3.05, 3.63) is 64.9 Å². The predicted molar refractivity (Wildman–Crippen MR) is 125 cm³/mol. The number of hydrogen-bond acceptors (Lipinski definition) is 6. The van der Waals surface area contributed by atoms with Gasteiger partial charge in [0.1, 0.15) is 21.5 Å². The third-order valence-corrected chi connectivity index (χ3v) is 8.49. The maximum Gasteiger partial charge on any atom is 0.265 e. The molecule has 1 amide bonds. The van der Waals surface area contributed by atoms with E-state index in [0.29, 0.717) is 27.9 Å². The minimum atomic E-state index is -3.65. The monoisotopic (exact) mass is 489 g/mol. The van der Waals surface area contributed by atoms with Gasteiger partial charge in [-0.15, -0.1) is 11.3 Å². The van der Waals surface area contributed by atoms with E-state index in [0.717, 1.165) is 5.56 Å². The number of ether oxygens (including phenoxy) is 1. The highest BCUT2D eigenvalue weighted by atomic mass is 32.2. The van der Waals surface area contributed by atoms with Crippen molar-refractivity contribution in [3.8, 4) is 16.3 Å². The van der Waals surface area contributed by atoms with Crippen LogP contribution in [0.1, 0.15) is 22.3 Å². The molecule has 4 rings (SSSR count). The lowest BCUT2D eigenvalue weighted by Gasteiger charge is -2.33. The third kappa shape index (κ3) is 4.92. The highest BCUT2D eigenvalue weighted by Gasteiger charge is 2.31. The number of aromatic nitrogens is 1. The summed E-state index contributed by atoms with van der Waals surface area (Å²) < 4.78 is 45.9. The molecule has 1 aliphatic rings. The van der Waals surface area contributed by atoms with Crippen LogP contribution in [0.25, 0.3) is 10.6 Å². The molecule has 0 radical (unpaired) electrons. The van der Waals surface area contributed by atoms with Crippen molar-refractivity contribution < 1.29 is 22.3 Å². The minimum Gasteiger partial charge on any atom is -0.494 e. The van der Waals surface area contributed by atoms with Gasteiger partial charge in [0.05, 0.1) is 17.2 Å². The molecule has 1 fully saturated rings. The van der Waals surface area contributed by atoms with E-state index in [1.54, 1.807) is 36.1 Å². The molecular weight excluding hydrogens is 465 g/mol. The second kappa shape index (κ2) is 9.58. The highest BCUT2D eigenvalue weighted by Crippen LogP contribution is 2.29. The molecule has 1 aromatic heterocycles. The number of carbonyl (C=O) groups excluding carboxylic acids is 1. The van der Waals surface area contributed by atoms with Gasteiger partial charge in [-0.25, -0.2) is 17.8 Å². The lowest BCUT2D eigenvalue weighted by Crippen LogP contribution is -2.50. The molecule has 174 valence electrons.